The highest BCUT2D eigenvalue weighted by atomic mass is 16.6. The van der Waals surface area contributed by atoms with Crippen molar-refractivity contribution in [3.05, 3.63) is 11.8 Å². The first-order valence-corrected chi connectivity index (χ1v) is 4.74. The molecule has 1 heterocycles. The quantitative estimate of drug-likeness (QED) is 0.562. The Morgan fingerprint density at radius 3 is 3.23 bits per heavy atom. The first-order valence-electron chi connectivity index (χ1n) is 4.74. The van der Waals surface area contributed by atoms with Gasteiger partial charge in [0.05, 0.1) is 12.6 Å². The molecule has 4 heteroatoms. The number of ether oxygens (including phenoxy) is 1. The molecule has 1 aliphatic rings. The minimum absolute atomic E-state index is 0. The summed E-state index contributed by atoms with van der Waals surface area (Å²) in [4.78, 5) is 0. The van der Waals surface area contributed by atoms with Gasteiger partial charge in [-0.2, -0.15) is 0 Å². The van der Waals surface area contributed by atoms with Crippen LogP contribution in [0.3, 0.4) is 0 Å². The summed E-state index contributed by atoms with van der Waals surface area (Å²) in [7, 11) is 0. The predicted molar refractivity (Wildman–Crippen MR) is 55.2 cm³/mol. The number of nitrogens with one attached hydrogen (secondary N) is 1. The fourth-order valence-electron chi connectivity index (χ4n) is 1.18. The fraction of sp³-hybridized carbons (Fsp3) is 0.778. The number of hydrogen-bond donors (Lipinski definition) is 3. The van der Waals surface area contributed by atoms with E-state index in [2.05, 4.69) is 12.2 Å². The van der Waals surface area contributed by atoms with E-state index in [9.17, 15) is 5.11 Å². The van der Waals surface area contributed by atoms with Gasteiger partial charge in [0.1, 0.15) is 5.76 Å². The summed E-state index contributed by atoms with van der Waals surface area (Å²) < 4.78 is 5.17. The van der Waals surface area contributed by atoms with E-state index in [1.807, 2.05) is 6.08 Å². The van der Waals surface area contributed by atoms with E-state index in [0.29, 0.717) is 13.0 Å². The summed E-state index contributed by atoms with van der Waals surface area (Å²) in [6, 6.07) is -0.282. The summed E-state index contributed by atoms with van der Waals surface area (Å²) >= 11 is 0. The van der Waals surface area contributed by atoms with Crippen LogP contribution in [0.15, 0.2) is 11.8 Å². The maximum Gasteiger partial charge on any atom is 0.212 e. The lowest BCUT2D eigenvalue weighted by molar-refractivity contribution is -0.0899. The van der Waals surface area contributed by atoms with Crippen molar-refractivity contribution in [2.75, 3.05) is 13.1 Å². The van der Waals surface area contributed by atoms with Gasteiger partial charge in [-0.15, -0.1) is 0 Å². The van der Waals surface area contributed by atoms with Crippen molar-refractivity contribution >= 4 is 0 Å². The van der Waals surface area contributed by atoms with Gasteiger partial charge in [0, 0.05) is 2.85 Å². The molecule has 0 unspecified atom stereocenters. The van der Waals surface area contributed by atoms with Crippen molar-refractivity contribution in [3.8, 4) is 0 Å². The van der Waals surface area contributed by atoms with Crippen LogP contribution in [0.4, 0.5) is 0 Å². The Kier molecular flexibility index (Phi) is 4.21. The van der Waals surface area contributed by atoms with Crippen LogP contribution in [0.2, 0.25) is 0 Å². The smallest absolute Gasteiger partial charge is 0.212 e. The summed E-state index contributed by atoms with van der Waals surface area (Å²) in [6.45, 7) is 3.74. The number of nitrogens with two attached hydrogens (primary N) is 1. The summed E-state index contributed by atoms with van der Waals surface area (Å²) in [5.74, 6) is 0.794. The second kappa shape index (κ2) is 5.21. The number of aliphatic hydroxyl groups excluding tert-OH is 1. The Labute approximate surface area is 81.7 Å². The van der Waals surface area contributed by atoms with Crippen molar-refractivity contribution in [2.24, 2.45) is 5.73 Å². The predicted octanol–water partition coefficient (Wildman–Crippen LogP) is 0.428. The largest absolute Gasteiger partial charge is 0.467 e. The van der Waals surface area contributed by atoms with Crippen LogP contribution in [-0.2, 0) is 4.74 Å². The van der Waals surface area contributed by atoms with E-state index in [4.69, 9.17) is 10.5 Å². The fourth-order valence-corrected chi connectivity index (χ4v) is 1.18. The average Bonchev–Trinajstić information content (AvgIpc) is 2.12. The molecule has 1 aliphatic heterocycles. The standard InChI is InChI=1S/C9H18N2O2.2H2/c1-2-5-11-6-7-3-4-8(10)9(12)13-7;;/h3,8-9,11-12H,2,4-6,10H2,1H3;2*1H/t8-,9+;;/m1../s1. The molecular formula is C9H22N2O2. The topological polar surface area (TPSA) is 67.5 Å². The zero-order valence-electron chi connectivity index (χ0n) is 7.99. The van der Waals surface area contributed by atoms with Gasteiger partial charge in [-0.05, 0) is 25.5 Å². The number of aliphatic hydroxyl groups is 1. The van der Waals surface area contributed by atoms with E-state index in [0.717, 1.165) is 18.7 Å². The molecule has 0 aliphatic carbocycles. The molecule has 4 N–H and O–H groups in total. The highest BCUT2D eigenvalue weighted by molar-refractivity contribution is 5.01. The molecule has 0 radical (unpaired) electrons. The molecule has 0 amide bonds. The Morgan fingerprint density at radius 2 is 2.62 bits per heavy atom. The normalized spacial score (nSPS) is 28.1. The van der Waals surface area contributed by atoms with Crippen LogP contribution in [-0.4, -0.2) is 30.5 Å². The molecule has 0 fully saturated rings. The van der Waals surface area contributed by atoms with Gasteiger partial charge >= 0.3 is 0 Å². The monoisotopic (exact) mass is 190 g/mol. The molecule has 0 spiro atoms. The Bertz CT molecular complexity index is 191. The minimum atomic E-state index is -0.844. The van der Waals surface area contributed by atoms with Crippen LogP contribution >= 0.6 is 0 Å². The van der Waals surface area contributed by atoms with Crippen LogP contribution < -0.4 is 11.1 Å². The average molecular weight is 190 g/mol. The molecule has 0 saturated carbocycles. The molecule has 1 rings (SSSR count). The van der Waals surface area contributed by atoms with E-state index < -0.39 is 6.29 Å². The van der Waals surface area contributed by atoms with Crippen LogP contribution in [0.1, 0.15) is 22.6 Å². The van der Waals surface area contributed by atoms with Crippen LogP contribution in [0.25, 0.3) is 0 Å². The molecule has 0 aromatic heterocycles. The van der Waals surface area contributed by atoms with E-state index >= 15 is 0 Å². The van der Waals surface area contributed by atoms with Crippen LogP contribution in [0, 0.1) is 0 Å². The molecule has 0 bridgehead atoms. The maximum atomic E-state index is 9.29. The lowest BCUT2D eigenvalue weighted by atomic mass is 10.1. The number of rotatable bonds is 4. The zero-order chi connectivity index (χ0) is 9.68. The van der Waals surface area contributed by atoms with Gasteiger partial charge in [0.15, 0.2) is 0 Å². The summed E-state index contributed by atoms with van der Waals surface area (Å²) in [5, 5.41) is 12.5. The van der Waals surface area contributed by atoms with Gasteiger partial charge in [-0.1, -0.05) is 6.92 Å². The molecule has 4 nitrogen and oxygen atoms in total. The second-order valence-corrected chi connectivity index (χ2v) is 3.26. The molecular weight excluding hydrogens is 168 g/mol. The van der Waals surface area contributed by atoms with E-state index in [1.54, 1.807) is 0 Å². The van der Waals surface area contributed by atoms with Crippen LogP contribution in [0.5, 0.6) is 0 Å². The van der Waals surface area contributed by atoms with Gasteiger partial charge in [0.25, 0.3) is 0 Å². The van der Waals surface area contributed by atoms with Crippen molar-refractivity contribution in [1.29, 1.82) is 0 Å². The third-order valence-electron chi connectivity index (χ3n) is 1.98. The first kappa shape index (κ1) is 10.5. The lowest BCUT2D eigenvalue weighted by Crippen LogP contribution is -2.39. The molecule has 80 valence electrons. The zero-order valence-corrected chi connectivity index (χ0v) is 7.99. The van der Waals surface area contributed by atoms with Crippen molar-refractivity contribution in [3.63, 3.8) is 0 Å². The number of hydrogen-bond acceptors (Lipinski definition) is 4. The molecule has 0 aromatic rings. The van der Waals surface area contributed by atoms with E-state index in [1.165, 1.54) is 0 Å². The molecule has 0 aromatic carbocycles. The Hall–Kier alpha value is -0.580. The van der Waals surface area contributed by atoms with Gasteiger partial charge in [0.2, 0.25) is 6.29 Å². The van der Waals surface area contributed by atoms with Crippen molar-refractivity contribution in [1.82, 2.24) is 5.32 Å². The summed E-state index contributed by atoms with van der Waals surface area (Å²) in [6.07, 6.45) is 2.86. The summed E-state index contributed by atoms with van der Waals surface area (Å²) in [5.41, 5.74) is 5.56. The highest BCUT2D eigenvalue weighted by Crippen LogP contribution is 2.13. The second-order valence-electron chi connectivity index (χ2n) is 3.26. The maximum absolute atomic E-state index is 9.29. The van der Waals surface area contributed by atoms with Gasteiger partial charge < -0.3 is 20.9 Å². The Morgan fingerprint density at radius 1 is 1.85 bits per heavy atom. The molecule has 0 saturated heterocycles. The highest BCUT2D eigenvalue weighted by Gasteiger charge is 2.20. The van der Waals surface area contributed by atoms with E-state index in [-0.39, 0.29) is 8.90 Å². The third-order valence-corrected chi connectivity index (χ3v) is 1.98. The van der Waals surface area contributed by atoms with Gasteiger partial charge in [-0.3, -0.25) is 0 Å². The lowest BCUT2D eigenvalue weighted by Gasteiger charge is -2.25. The third kappa shape index (κ3) is 3.34. The molecule has 13 heavy (non-hydrogen) atoms. The Balaban J connectivity index is 0. The minimum Gasteiger partial charge on any atom is -0.467 e. The van der Waals surface area contributed by atoms with Gasteiger partial charge in [-0.25, -0.2) is 0 Å². The van der Waals surface area contributed by atoms with Crippen molar-refractivity contribution in [2.45, 2.75) is 32.1 Å². The van der Waals surface area contributed by atoms with Crippen molar-refractivity contribution < 1.29 is 12.7 Å². The SMILES string of the molecule is CCCNCC1=CC[C@@H](N)[C@@H](O)O1.[HH].[HH]. The first-order chi connectivity index (χ1) is 6.24. The molecule has 2 atom stereocenters.